The summed E-state index contributed by atoms with van der Waals surface area (Å²) in [4.78, 5) is 18.9. The zero-order valence-corrected chi connectivity index (χ0v) is 9.00. The highest BCUT2D eigenvalue weighted by molar-refractivity contribution is 5.86. The molecule has 17 heavy (non-hydrogen) atoms. The van der Waals surface area contributed by atoms with Crippen molar-refractivity contribution in [2.75, 3.05) is 0 Å². The predicted octanol–water partition coefficient (Wildman–Crippen LogP) is 1.86. The topological polar surface area (TPSA) is 63.1 Å². The lowest BCUT2D eigenvalue weighted by molar-refractivity contribution is 0.0696. The van der Waals surface area contributed by atoms with Crippen LogP contribution in [0, 0.1) is 0 Å². The van der Waals surface area contributed by atoms with Crippen LogP contribution in [0.25, 0.3) is 0 Å². The molecule has 2 aromatic rings. The number of carboxylic acids is 1. The number of rotatable bonds is 2. The van der Waals surface area contributed by atoms with E-state index in [0.29, 0.717) is 5.82 Å². The highest BCUT2D eigenvalue weighted by Crippen LogP contribution is 2.37. The molecule has 0 saturated carbocycles. The normalized spacial score (nSPS) is 17.1. The summed E-state index contributed by atoms with van der Waals surface area (Å²) < 4.78 is 0. The SMILES string of the molecule is O=C(O)c1cnc(C2Cc3ccccc32)nc1. The third-order valence-corrected chi connectivity index (χ3v) is 3.08. The summed E-state index contributed by atoms with van der Waals surface area (Å²) in [7, 11) is 0. The Morgan fingerprint density at radius 3 is 2.59 bits per heavy atom. The van der Waals surface area contributed by atoms with E-state index in [0.717, 1.165) is 6.42 Å². The van der Waals surface area contributed by atoms with Gasteiger partial charge in [-0.3, -0.25) is 0 Å². The molecule has 0 aliphatic heterocycles. The number of nitrogens with zero attached hydrogens (tertiary/aromatic N) is 2. The Hall–Kier alpha value is -2.23. The summed E-state index contributed by atoms with van der Waals surface area (Å²) in [5.74, 6) is -0.0756. The van der Waals surface area contributed by atoms with E-state index in [-0.39, 0.29) is 11.5 Å². The van der Waals surface area contributed by atoms with Crippen molar-refractivity contribution in [3.63, 3.8) is 0 Å². The lowest BCUT2D eigenvalue weighted by Gasteiger charge is -2.28. The molecule has 4 nitrogen and oxygen atoms in total. The smallest absolute Gasteiger partial charge is 0.338 e. The van der Waals surface area contributed by atoms with Gasteiger partial charge in [0.25, 0.3) is 0 Å². The van der Waals surface area contributed by atoms with Crippen LogP contribution in [0.5, 0.6) is 0 Å². The first-order chi connectivity index (χ1) is 8.25. The minimum Gasteiger partial charge on any atom is -0.478 e. The fourth-order valence-corrected chi connectivity index (χ4v) is 2.12. The molecule has 4 heteroatoms. The van der Waals surface area contributed by atoms with Gasteiger partial charge in [0.05, 0.1) is 5.56 Å². The first kappa shape index (κ1) is 9.96. The average Bonchev–Trinajstić information content (AvgIpc) is 2.31. The Bertz CT molecular complexity index is 578. The fourth-order valence-electron chi connectivity index (χ4n) is 2.12. The fraction of sp³-hybridized carbons (Fsp3) is 0.154. The molecule has 84 valence electrons. The van der Waals surface area contributed by atoms with E-state index in [4.69, 9.17) is 5.11 Å². The van der Waals surface area contributed by atoms with Crippen molar-refractivity contribution in [3.8, 4) is 0 Å². The monoisotopic (exact) mass is 226 g/mol. The number of carboxylic acid groups (broad SMARTS) is 1. The van der Waals surface area contributed by atoms with Gasteiger partial charge in [-0.1, -0.05) is 24.3 Å². The molecule has 0 fully saturated rings. The van der Waals surface area contributed by atoms with Crippen LogP contribution in [0.2, 0.25) is 0 Å². The van der Waals surface area contributed by atoms with E-state index in [9.17, 15) is 4.79 Å². The van der Waals surface area contributed by atoms with E-state index in [1.54, 1.807) is 0 Å². The van der Waals surface area contributed by atoms with Crippen LogP contribution in [0.4, 0.5) is 0 Å². The van der Waals surface area contributed by atoms with Gasteiger partial charge in [0.2, 0.25) is 0 Å². The molecule has 1 atom stereocenters. The van der Waals surface area contributed by atoms with Crippen molar-refractivity contribution in [1.82, 2.24) is 9.97 Å². The summed E-state index contributed by atoms with van der Waals surface area (Å²) in [6, 6.07) is 8.18. The van der Waals surface area contributed by atoms with Gasteiger partial charge < -0.3 is 5.11 Å². The summed E-state index contributed by atoms with van der Waals surface area (Å²) in [6.45, 7) is 0. The van der Waals surface area contributed by atoms with Gasteiger partial charge in [-0.2, -0.15) is 0 Å². The minimum absolute atomic E-state index is 0.126. The maximum atomic E-state index is 10.7. The Balaban J connectivity index is 1.90. The van der Waals surface area contributed by atoms with E-state index in [1.165, 1.54) is 23.5 Å². The molecule has 1 aliphatic carbocycles. The number of fused-ring (bicyclic) bond motifs is 1. The molecule has 0 spiro atoms. The summed E-state index contributed by atoms with van der Waals surface area (Å²) in [5, 5.41) is 8.76. The summed E-state index contributed by atoms with van der Waals surface area (Å²) in [6.07, 6.45) is 3.67. The van der Waals surface area contributed by atoms with Crippen molar-refractivity contribution < 1.29 is 9.90 Å². The van der Waals surface area contributed by atoms with Gasteiger partial charge in [-0.15, -0.1) is 0 Å². The third kappa shape index (κ3) is 1.58. The highest BCUT2D eigenvalue weighted by atomic mass is 16.4. The van der Waals surface area contributed by atoms with E-state index >= 15 is 0 Å². The summed E-state index contributed by atoms with van der Waals surface area (Å²) >= 11 is 0. The Labute approximate surface area is 98.0 Å². The van der Waals surface area contributed by atoms with Crippen molar-refractivity contribution in [2.45, 2.75) is 12.3 Å². The maximum absolute atomic E-state index is 10.7. The molecule has 0 radical (unpaired) electrons. The molecule has 1 N–H and O–H groups in total. The van der Waals surface area contributed by atoms with Gasteiger partial charge in [-0.05, 0) is 17.5 Å². The first-order valence-corrected chi connectivity index (χ1v) is 5.39. The standard InChI is InChI=1S/C13H10N2O2/c16-13(17)9-6-14-12(15-7-9)11-5-8-3-1-2-4-10(8)11/h1-4,6-7,11H,5H2,(H,16,17). The highest BCUT2D eigenvalue weighted by Gasteiger charge is 2.29. The molecule has 1 aromatic carbocycles. The summed E-state index contributed by atoms with van der Waals surface area (Å²) in [5.41, 5.74) is 2.69. The van der Waals surface area contributed by atoms with E-state index in [1.807, 2.05) is 12.1 Å². The molecule has 3 rings (SSSR count). The first-order valence-electron chi connectivity index (χ1n) is 5.39. The molecular formula is C13H10N2O2. The lowest BCUT2D eigenvalue weighted by atomic mass is 9.77. The zero-order valence-electron chi connectivity index (χ0n) is 9.00. The van der Waals surface area contributed by atoms with Crippen molar-refractivity contribution in [3.05, 3.63) is 59.2 Å². The van der Waals surface area contributed by atoms with Gasteiger partial charge in [-0.25, -0.2) is 14.8 Å². The Morgan fingerprint density at radius 2 is 1.94 bits per heavy atom. The molecular weight excluding hydrogens is 216 g/mol. The second kappa shape index (κ2) is 3.66. The molecule has 1 aromatic heterocycles. The second-order valence-electron chi connectivity index (χ2n) is 4.09. The van der Waals surface area contributed by atoms with Crippen LogP contribution < -0.4 is 0 Å². The maximum Gasteiger partial charge on any atom is 0.338 e. The van der Waals surface area contributed by atoms with E-state index < -0.39 is 5.97 Å². The number of carbonyl (C=O) groups is 1. The third-order valence-electron chi connectivity index (χ3n) is 3.08. The molecule has 0 bridgehead atoms. The quantitative estimate of drug-likeness (QED) is 0.849. The van der Waals surface area contributed by atoms with Crippen LogP contribution in [-0.2, 0) is 6.42 Å². The van der Waals surface area contributed by atoms with Gasteiger partial charge in [0.1, 0.15) is 5.82 Å². The molecule has 1 heterocycles. The lowest BCUT2D eigenvalue weighted by Crippen LogP contribution is -2.20. The number of aromatic nitrogens is 2. The number of aromatic carboxylic acids is 1. The van der Waals surface area contributed by atoms with Crippen molar-refractivity contribution in [2.24, 2.45) is 0 Å². The van der Waals surface area contributed by atoms with Crippen LogP contribution in [0.15, 0.2) is 36.7 Å². The molecule has 0 saturated heterocycles. The zero-order chi connectivity index (χ0) is 11.8. The predicted molar refractivity (Wildman–Crippen MR) is 61.0 cm³/mol. The van der Waals surface area contributed by atoms with Crippen LogP contribution in [-0.4, -0.2) is 21.0 Å². The Kier molecular flexibility index (Phi) is 2.14. The number of hydrogen-bond acceptors (Lipinski definition) is 3. The van der Waals surface area contributed by atoms with E-state index in [2.05, 4.69) is 22.1 Å². The molecule has 1 aliphatic rings. The van der Waals surface area contributed by atoms with Gasteiger partial charge >= 0.3 is 5.97 Å². The van der Waals surface area contributed by atoms with Crippen molar-refractivity contribution >= 4 is 5.97 Å². The Morgan fingerprint density at radius 1 is 1.24 bits per heavy atom. The van der Waals surface area contributed by atoms with Crippen molar-refractivity contribution in [1.29, 1.82) is 0 Å². The van der Waals surface area contributed by atoms with Crippen LogP contribution >= 0.6 is 0 Å². The molecule has 1 unspecified atom stereocenters. The second-order valence-corrected chi connectivity index (χ2v) is 4.09. The average molecular weight is 226 g/mol. The van der Waals surface area contributed by atoms with Gasteiger partial charge in [0, 0.05) is 18.3 Å². The van der Waals surface area contributed by atoms with Crippen LogP contribution in [0.3, 0.4) is 0 Å². The largest absolute Gasteiger partial charge is 0.478 e. The number of hydrogen-bond donors (Lipinski definition) is 1. The molecule has 0 amide bonds. The number of benzene rings is 1. The minimum atomic E-state index is -0.995. The van der Waals surface area contributed by atoms with Crippen LogP contribution in [0.1, 0.15) is 33.2 Å². The van der Waals surface area contributed by atoms with Gasteiger partial charge in [0.15, 0.2) is 0 Å².